The molecule has 0 spiro atoms. The van der Waals surface area contributed by atoms with E-state index in [4.69, 9.17) is 9.47 Å². The largest absolute Gasteiger partial charge is 0.497 e. The predicted octanol–water partition coefficient (Wildman–Crippen LogP) is 5.52. The van der Waals surface area contributed by atoms with Crippen molar-refractivity contribution in [3.8, 4) is 11.5 Å². The van der Waals surface area contributed by atoms with Crippen molar-refractivity contribution in [2.75, 3.05) is 7.11 Å². The van der Waals surface area contributed by atoms with E-state index < -0.39 is 6.10 Å². The molecule has 29 heavy (non-hydrogen) atoms. The molecule has 0 unspecified atom stereocenters. The molecule has 0 aliphatic carbocycles. The van der Waals surface area contributed by atoms with Crippen LogP contribution in [0.4, 0.5) is 0 Å². The van der Waals surface area contributed by atoms with Crippen molar-refractivity contribution in [2.45, 2.75) is 39.3 Å². The van der Waals surface area contributed by atoms with Gasteiger partial charge in [0.05, 0.1) is 13.2 Å². The van der Waals surface area contributed by atoms with E-state index in [0.717, 1.165) is 34.3 Å². The maximum Gasteiger partial charge on any atom is 0.261 e. The third-order valence-corrected chi connectivity index (χ3v) is 4.96. The second-order valence-electron chi connectivity index (χ2n) is 7.70. The number of carbonyl (C=O) groups excluding carboxylic acids is 1. The van der Waals surface area contributed by atoms with Crippen LogP contribution in [0, 0.1) is 5.92 Å². The Labute approximate surface area is 172 Å². The zero-order chi connectivity index (χ0) is 20.8. The van der Waals surface area contributed by atoms with Gasteiger partial charge in [-0.2, -0.15) is 0 Å². The maximum absolute atomic E-state index is 12.9. The second kappa shape index (κ2) is 9.46. The van der Waals surface area contributed by atoms with Crippen molar-refractivity contribution >= 4 is 16.7 Å². The number of carbonyl (C=O) groups is 1. The van der Waals surface area contributed by atoms with Crippen LogP contribution in [0.5, 0.6) is 11.5 Å². The van der Waals surface area contributed by atoms with Crippen molar-refractivity contribution < 1.29 is 14.3 Å². The highest BCUT2D eigenvalue weighted by atomic mass is 16.5. The molecule has 0 radical (unpaired) electrons. The molecule has 0 saturated heterocycles. The molecule has 3 aromatic carbocycles. The number of fused-ring (bicyclic) bond motifs is 1. The minimum atomic E-state index is -0.603. The first kappa shape index (κ1) is 20.7. The Balaban J connectivity index is 1.74. The highest BCUT2D eigenvalue weighted by Crippen LogP contribution is 2.27. The van der Waals surface area contributed by atoms with Crippen LogP contribution in [0.25, 0.3) is 10.8 Å². The number of rotatable bonds is 8. The standard InChI is InChI=1S/C25H29NO3/c1-17(2)16-23(20-12-14-21(28-4)15-13-20)26-25(27)18(3)29-24-11-7-9-19-8-5-6-10-22(19)24/h5-15,17-18,23H,16H2,1-4H3,(H,26,27)/t18-,23-/m1/s1. The first-order chi connectivity index (χ1) is 14.0. The quantitative estimate of drug-likeness (QED) is 0.550. The summed E-state index contributed by atoms with van der Waals surface area (Å²) in [4.78, 5) is 12.9. The third-order valence-electron chi connectivity index (χ3n) is 4.96. The van der Waals surface area contributed by atoms with Crippen molar-refractivity contribution in [3.05, 3.63) is 72.3 Å². The zero-order valence-corrected chi connectivity index (χ0v) is 17.5. The van der Waals surface area contributed by atoms with Gasteiger partial charge in [-0.3, -0.25) is 4.79 Å². The average molecular weight is 392 g/mol. The van der Waals surface area contributed by atoms with Gasteiger partial charge in [-0.1, -0.05) is 62.4 Å². The van der Waals surface area contributed by atoms with Crippen LogP contribution >= 0.6 is 0 Å². The van der Waals surface area contributed by atoms with Crippen LogP contribution in [0.15, 0.2) is 66.7 Å². The number of methoxy groups -OCH3 is 1. The van der Waals surface area contributed by atoms with Gasteiger partial charge in [-0.25, -0.2) is 0 Å². The van der Waals surface area contributed by atoms with E-state index in [1.807, 2.05) is 66.7 Å². The van der Waals surface area contributed by atoms with E-state index in [9.17, 15) is 4.79 Å². The van der Waals surface area contributed by atoms with Gasteiger partial charge in [0.1, 0.15) is 11.5 Å². The second-order valence-corrected chi connectivity index (χ2v) is 7.70. The molecule has 0 heterocycles. The van der Waals surface area contributed by atoms with Crippen LogP contribution in [-0.2, 0) is 4.79 Å². The van der Waals surface area contributed by atoms with Gasteiger partial charge in [0.15, 0.2) is 6.10 Å². The lowest BCUT2D eigenvalue weighted by atomic mass is 9.96. The van der Waals surface area contributed by atoms with E-state index in [1.54, 1.807) is 14.0 Å². The molecule has 0 fully saturated rings. The lowest BCUT2D eigenvalue weighted by molar-refractivity contribution is -0.128. The van der Waals surface area contributed by atoms with Crippen LogP contribution in [0.1, 0.15) is 38.8 Å². The minimum absolute atomic E-state index is 0.0769. The molecule has 3 rings (SSSR count). The lowest BCUT2D eigenvalue weighted by Gasteiger charge is -2.24. The summed E-state index contributed by atoms with van der Waals surface area (Å²) in [6.45, 7) is 6.09. The predicted molar refractivity (Wildman–Crippen MR) is 117 cm³/mol. The number of amides is 1. The monoisotopic (exact) mass is 391 g/mol. The van der Waals surface area contributed by atoms with Crippen molar-refractivity contribution in [3.63, 3.8) is 0 Å². The Morgan fingerprint density at radius 1 is 0.931 bits per heavy atom. The molecular weight excluding hydrogens is 362 g/mol. The van der Waals surface area contributed by atoms with Gasteiger partial charge in [-0.15, -0.1) is 0 Å². The summed E-state index contributed by atoms with van der Waals surface area (Å²) in [5.41, 5.74) is 1.06. The molecule has 152 valence electrons. The van der Waals surface area contributed by atoms with E-state index in [0.29, 0.717) is 5.92 Å². The normalized spacial score (nSPS) is 13.1. The SMILES string of the molecule is COc1ccc([C@@H](CC(C)C)NC(=O)[C@@H](C)Oc2cccc3ccccc23)cc1. The molecule has 3 aromatic rings. The van der Waals surface area contributed by atoms with Crippen LogP contribution < -0.4 is 14.8 Å². The topological polar surface area (TPSA) is 47.6 Å². The fraction of sp³-hybridized carbons (Fsp3) is 0.320. The van der Waals surface area contributed by atoms with Gasteiger partial charge in [0.2, 0.25) is 0 Å². The first-order valence-corrected chi connectivity index (χ1v) is 10.1. The van der Waals surface area contributed by atoms with Crippen LogP contribution in [0.3, 0.4) is 0 Å². The number of ether oxygens (including phenoxy) is 2. The highest BCUT2D eigenvalue weighted by Gasteiger charge is 2.22. The fourth-order valence-electron chi connectivity index (χ4n) is 3.42. The Morgan fingerprint density at radius 2 is 1.62 bits per heavy atom. The molecule has 4 heteroatoms. The molecule has 1 amide bonds. The number of benzene rings is 3. The van der Waals surface area contributed by atoms with Gasteiger partial charge < -0.3 is 14.8 Å². The van der Waals surface area contributed by atoms with E-state index in [1.165, 1.54) is 0 Å². The summed E-state index contributed by atoms with van der Waals surface area (Å²) in [5.74, 6) is 1.84. The number of hydrogen-bond acceptors (Lipinski definition) is 3. The van der Waals surface area contributed by atoms with Crippen molar-refractivity contribution in [2.24, 2.45) is 5.92 Å². The molecule has 0 aromatic heterocycles. The molecule has 4 nitrogen and oxygen atoms in total. The van der Waals surface area contributed by atoms with Crippen molar-refractivity contribution in [1.82, 2.24) is 5.32 Å². The van der Waals surface area contributed by atoms with Crippen LogP contribution in [0.2, 0.25) is 0 Å². The van der Waals surface area contributed by atoms with Gasteiger partial charge in [0.25, 0.3) is 5.91 Å². The summed E-state index contributed by atoms with van der Waals surface area (Å²) in [6, 6.07) is 21.7. The summed E-state index contributed by atoms with van der Waals surface area (Å²) in [7, 11) is 1.65. The van der Waals surface area contributed by atoms with Crippen LogP contribution in [-0.4, -0.2) is 19.1 Å². The molecule has 0 saturated carbocycles. The summed E-state index contributed by atoms with van der Waals surface area (Å²) >= 11 is 0. The lowest BCUT2D eigenvalue weighted by Crippen LogP contribution is -2.39. The molecule has 0 bridgehead atoms. The number of nitrogens with one attached hydrogen (secondary N) is 1. The smallest absolute Gasteiger partial charge is 0.261 e. The first-order valence-electron chi connectivity index (χ1n) is 10.1. The van der Waals surface area contributed by atoms with Gasteiger partial charge in [0, 0.05) is 5.39 Å². The Kier molecular flexibility index (Phi) is 6.76. The average Bonchev–Trinajstić information content (AvgIpc) is 2.73. The molecule has 0 aliphatic rings. The zero-order valence-electron chi connectivity index (χ0n) is 17.5. The summed E-state index contributed by atoms with van der Waals surface area (Å²) in [5, 5.41) is 5.26. The molecule has 1 N–H and O–H groups in total. The summed E-state index contributed by atoms with van der Waals surface area (Å²) in [6.07, 6.45) is 0.243. The Bertz CT molecular complexity index is 944. The molecule has 0 aliphatic heterocycles. The Hall–Kier alpha value is -3.01. The van der Waals surface area contributed by atoms with E-state index >= 15 is 0 Å². The molecule has 2 atom stereocenters. The maximum atomic E-state index is 12.9. The van der Waals surface area contributed by atoms with E-state index in [-0.39, 0.29) is 11.9 Å². The Morgan fingerprint density at radius 3 is 2.31 bits per heavy atom. The van der Waals surface area contributed by atoms with Crippen molar-refractivity contribution in [1.29, 1.82) is 0 Å². The third kappa shape index (κ3) is 5.29. The highest BCUT2D eigenvalue weighted by molar-refractivity contribution is 5.89. The van der Waals surface area contributed by atoms with E-state index in [2.05, 4.69) is 19.2 Å². The van der Waals surface area contributed by atoms with Gasteiger partial charge >= 0.3 is 0 Å². The number of hydrogen-bond donors (Lipinski definition) is 1. The fourth-order valence-corrected chi connectivity index (χ4v) is 3.42. The minimum Gasteiger partial charge on any atom is -0.497 e. The molecular formula is C25H29NO3. The summed E-state index contributed by atoms with van der Waals surface area (Å²) < 4.78 is 11.3. The van der Waals surface area contributed by atoms with Gasteiger partial charge in [-0.05, 0) is 48.4 Å².